The molecule has 0 atom stereocenters. The van der Waals surface area contributed by atoms with Crippen LogP contribution >= 0.6 is 0 Å². The third kappa shape index (κ3) is 5.45. The molecule has 0 N–H and O–H groups in total. The molecule has 2 rings (SSSR count). The fraction of sp³-hybridized carbons (Fsp3) is 0.588. The summed E-state index contributed by atoms with van der Waals surface area (Å²) in [5, 5.41) is 0. The number of ether oxygens (including phenoxy) is 3. The number of carbonyl (C=O) groups excluding carboxylic acids is 1. The molecule has 0 saturated carbocycles. The minimum absolute atomic E-state index is 0.0930. The summed E-state index contributed by atoms with van der Waals surface area (Å²) in [5.41, 5.74) is 0.0930. The number of halogens is 1. The highest BCUT2D eigenvalue weighted by Gasteiger charge is 2.30. The molecule has 0 aromatic heterocycles. The highest BCUT2D eigenvalue weighted by molar-refractivity contribution is 7.89. The number of carbonyl (C=O) groups is 1. The summed E-state index contributed by atoms with van der Waals surface area (Å²) < 4.78 is 56.1. The van der Waals surface area contributed by atoms with Crippen LogP contribution in [0.25, 0.3) is 0 Å². The van der Waals surface area contributed by atoms with Gasteiger partial charge in [0.1, 0.15) is 10.7 Å². The summed E-state index contributed by atoms with van der Waals surface area (Å²) in [6.45, 7) is 2.04. The molecule has 0 aliphatic carbocycles. The van der Waals surface area contributed by atoms with E-state index >= 15 is 0 Å². The van der Waals surface area contributed by atoms with E-state index in [0.717, 1.165) is 16.4 Å². The normalized spacial score (nSPS) is 15.7. The van der Waals surface area contributed by atoms with Gasteiger partial charge in [0.15, 0.2) is 0 Å². The number of hydrogen-bond donors (Lipinski definition) is 0. The molecule has 1 fully saturated rings. The Morgan fingerprint density at radius 1 is 1.19 bits per heavy atom. The third-order valence-electron chi connectivity index (χ3n) is 4.18. The molecule has 0 spiro atoms. The summed E-state index contributed by atoms with van der Waals surface area (Å²) in [7, 11) is -1.01. The van der Waals surface area contributed by atoms with Crippen LogP contribution in [0, 0.1) is 5.82 Å². The largest absolute Gasteiger partial charge is 0.383 e. The van der Waals surface area contributed by atoms with Gasteiger partial charge < -0.3 is 19.1 Å². The number of hydrogen-bond acceptors (Lipinski definition) is 6. The van der Waals surface area contributed by atoms with Crippen molar-refractivity contribution in [1.29, 1.82) is 0 Å². The molecular formula is C17H25FN2O6S. The number of amides is 1. The molecule has 152 valence electrons. The Morgan fingerprint density at radius 3 is 2.33 bits per heavy atom. The first-order valence-corrected chi connectivity index (χ1v) is 10.0. The first-order chi connectivity index (χ1) is 12.9. The Balaban J connectivity index is 2.30. The van der Waals surface area contributed by atoms with Gasteiger partial charge in [-0.25, -0.2) is 12.8 Å². The Morgan fingerprint density at radius 2 is 1.78 bits per heavy atom. The van der Waals surface area contributed by atoms with Gasteiger partial charge in [-0.05, 0) is 18.2 Å². The number of morpholine rings is 1. The van der Waals surface area contributed by atoms with Gasteiger partial charge in [-0.2, -0.15) is 4.31 Å². The molecule has 1 heterocycles. The van der Waals surface area contributed by atoms with Gasteiger partial charge in [0, 0.05) is 46.0 Å². The van der Waals surface area contributed by atoms with Crippen molar-refractivity contribution in [1.82, 2.24) is 9.21 Å². The van der Waals surface area contributed by atoms with Crippen LogP contribution in [-0.4, -0.2) is 90.4 Å². The minimum atomic E-state index is -4.05. The zero-order valence-corrected chi connectivity index (χ0v) is 16.3. The van der Waals surface area contributed by atoms with Gasteiger partial charge in [0.2, 0.25) is 10.0 Å². The van der Waals surface area contributed by atoms with E-state index in [0.29, 0.717) is 26.3 Å². The van der Waals surface area contributed by atoms with Crippen LogP contribution in [-0.2, 0) is 24.2 Å². The molecule has 1 aliphatic rings. The summed E-state index contributed by atoms with van der Waals surface area (Å²) >= 11 is 0. The lowest BCUT2D eigenvalue weighted by atomic mass is 10.2. The Kier molecular flexibility index (Phi) is 8.11. The maximum atomic E-state index is 14.3. The molecule has 0 unspecified atom stereocenters. The summed E-state index contributed by atoms with van der Waals surface area (Å²) in [6.07, 6.45) is 0. The predicted octanol–water partition coefficient (Wildman–Crippen LogP) is 0.582. The highest BCUT2D eigenvalue weighted by Crippen LogP contribution is 2.22. The van der Waals surface area contributed by atoms with Gasteiger partial charge >= 0.3 is 0 Å². The quantitative estimate of drug-likeness (QED) is 0.599. The minimum Gasteiger partial charge on any atom is -0.383 e. The van der Waals surface area contributed by atoms with Crippen LogP contribution in [0.4, 0.5) is 4.39 Å². The Labute approximate surface area is 158 Å². The van der Waals surface area contributed by atoms with Crippen LogP contribution in [0.3, 0.4) is 0 Å². The average molecular weight is 404 g/mol. The Hall–Kier alpha value is -1.59. The van der Waals surface area contributed by atoms with Crippen molar-refractivity contribution in [2.45, 2.75) is 4.90 Å². The van der Waals surface area contributed by atoms with E-state index < -0.39 is 26.6 Å². The van der Waals surface area contributed by atoms with E-state index in [1.807, 2.05) is 0 Å². The maximum Gasteiger partial charge on any atom is 0.254 e. The molecule has 1 saturated heterocycles. The zero-order valence-electron chi connectivity index (χ0n) is 15.5. The monoisotopic (exact) mass is 404 g/mol. The fourth-order valence-electron chi connectivity index (χ4n) is 2.66. The highest BCUT2D eigenvalue weighted by atomic mass is 32.2. The molecule has 1 aliphatic heterocycles. The van der Waals surface area contributed by atoms with Gasteiger partial charge in [-0.3, -0.25) is 4.79 Å². The van der Waals surface area contributed by atoms with Gasteiger partial charge in [0.05, 0.1) is 26.4 Å². The van der Waals surface area contributed by atoms with Gasteiger partial charge in [-0.1, -0.05) is 0 Å². The van der Waals surface area contributed by atoms with Crippen LogP contribution in [0.2, 0.25) is 0 Å². The number of sulfonamides is 1. The van der Waals surface area contributed by atoms with Crippen molar-refractivity contribution in [2.75, 3.05) is 66.8 Å². The van der Waals surface area contributed by atoms with Crippen molar-refractivity contribution >= 4 is 15.9 Å². The van der Waals surface area contributed by atoms with Crippen LogP contribution in [0.1, 0.15) is 10.4 Å². The van der Waals surface area contributed by atoms with Crippen molar-refractivity contribution < 1.29 is 31.8 Å². The fourth-order valence-corrected chi connectivity index (χ4v) is 4.16. The lowest BCUT2D eigenvalue weighted by Gasteiger charge is -2.26. The first kappa shape index (κ1) is 21.7. The standard InChI is InChI=1S/C17H25FN2O6S/c1-24-9-5-19(6-10-25-2)17(21)14-3-4-15(18)16(13-14)27(22,23)20-7-11-26-12-8-20/h3-4,13H,5-12H2,1-2H3. The van der Waals surface area contributed by atoms with E-state index in [2.05, 4.69) is 0 Å². The molecule has 8 nitrogen and oxygen atoms in total. The molecule has 0 radical (unpaired) electrons. The van der Waals surface area contributed by atoms with E-state index in [-0.39, 0.29) is 31.9 Å². The van der Waals surface area contributed by atoms with Crippen LogP contribution < -0.4 is 0 Å². The number of nitrogens with zero attached hydrogens (tertiary/aromatic N) is 2. The zero-order chi connectivity index (χ0) is 19.9. The van der Waals surface area contributed by atoms with E-state index in [9.17, 15) is 17.6 Å². The topological polar surface area (TPSA) is 85.4 Å². The molecular weight excluding hydrogens is 379 g/mol. The second kappa shape index (κ2) is 10.1. The van der Waals surface area contributed by atoms with Crippen LogP contribution in [0.5, 0.6) is 0 Å². The van der Waals surface area contributed by atoms with E-state index in [4.69, 9.17) is 14.2 Å². The SMILES string of the molecule is COCCN(CCOC)C(=O)c1ccc(F)c(S(=O)(=O)N2CCOCC2)c1. The maximum absolute atomic E-state index is 14.3. The second-order valence-electron chi connectivity index (χ2n) is 5.94. The molecule has 27 heavy (non-hydrogen) atoms. The summed E-state index contributed by atoms with van der Waals surface area (Å²) in [6, 6.07) is 3.38. The number of benzene rings is 1. The predicted molar refractivity (Wildman–Crippen MR) is 95.6 cm³/mol. The van der Waals surface area contributed by atoms with Crippen LogP contribution in [0.15, 0.2) is 23.1 Å². The third-order valence-corrected chi connectivity index (χ3v) is 6.10. The lowest BCUT2D eigenvalue weighted by Crippen LogP contribution is -2.41. The summed E-state index contributed by atoms with van der Waals surface area (Å²) in [5.74, 6) is -1.30. The molecule has 10 heteroatoms. The number of methoxy groups -OCH3 is 2. The molecule has 0 bridgehead atoms. The van der Waals surface area contributed by atoms with E-state index in [1.54, 1.807) is 0 Å². The van der Waals surface area contributed by atoms with Crippen molar-refractivity contribution in [2.24, 2.45) is 0 Å². The molecule has 1 amide bonds. The average Bonchev–Trinajstić information content (AvgIpc) is 2.68. The smallest absolute Gasteiger partial charge is 0.254 e. The summed E-state index contributed by atoms with van der Waals surface area (Å²) in [4.78, 5) is 13.8. The van der Waals surface area contributed by atoms with Crippen molar-refractivity contribution in [3.05, 3.63) is 29.6 Å². The molecule has 1 aromatic rings. The number of rotatable bonds is 9. The van der Waals surface area contributed by atoms with E-state index in [1.165, 1.54) is 25.2 Å². The van der Waals surface area contributed by atoms with Gasteiger partial charge in [0.25, 0.3) is 5.91 Å². The van der Waals surface area contributed by atoms with Crippen molar-refractivity contribution in [3.8, 4) is 0 Å². The first-order valence-electron chi connectivity index (χ1n) is 8.56. The second-order valence-corrected chi connectivity index (χ2v) is 7.85. The Bertz CT molecular complexity index is 729. The van der Waals surface area contributed by atoms with Crippen molar-refractivity contribution in [3.63, 3.8) is 0 Å². The molecule has 1 aromatic carbocycles. The lowest BCUT2D eigenvalue weighted by molar-refractivity contribution is 0.0627. The van der Waals surface area contributed by atoms with Gasteiger partial charge in [-0.15, -0.1) is 0 Å².